The zero-order chi connectivity index (χ0) is 10.8. The van der Waals surface area contributed by atoms with Gasteiger partial charge >= 0.3 is 0 Å². The summed E-state index contributed by atoms with van der Waals surface area (Å²) in [6, 6.07) is 5.00. The minimum absolute atomic E-state index is 0.200. The molecule has 2 nitrogen and oxygen atoms in total. The first kappa shape index (κ1) is 10.2. The van der Waals surface area contributed by atoms with Crippen LogP contribution in [0.3, 0.4) is 0 Å². The van der Waals surface area contributed by atoms with E-state index in [2.05, 4.69) is 4.98 Å². The molecule has 80 valence electrons. The maximum absolute atomic E-state index is 13.5. The summed E-state index contributed by atoms with van der Waals surface area (Å²) in [4.78, 5) is 3.03. The molecule has 0 aliphatic carbocycles. The Morgan fingerprint density at radius 3 is 3.00 bits per heavy atom. The fourth-order valence-corrected chi connectivity index (χ4v) is 1.77. The molecule has 0 saturated carbocycles. The van der Waals surface area contributed by atoms with E-state index in [-0.39, 0.29) is 11.9 Å². The molecule has 3 heteroatoms. The van der Waals surface area contributed by atoms with Crippen molar-refractivity contribution in [1.29, 1.82) is 0 Å². The van der Waals surface area contributed by atoms with Crippen molar-refractivity contribution in [3.8, 4) is 0 Å². The van der Waals surface area contributed by atoms with Gasteiger partial charge < -0.3 is 10.1 Å². The summed E-state index contributed by atoms with van der Waals surface area (Å²) >= 11 is 0. The SMILES string of the molecule is CC(O)CCc1c[nH]c2cccc(F)c12. The number of aliphatic hydroxyl groups is 1. The molecule has 1 heterocycles. The molecule has 15 heavy (non-hydrogen) atoms. The third-order valence-electron chi connectivity index (χ3n) is 2.57. The van der Waals surface area contributed by atoms with Gasteiger partial charge in [-0.1, -0.05) is 6.07 Å². The quantitative estimate of drug-likeness (QED) is 0.797. The highest BCUT2D eigenvalue weighted by Gasteiger charge is 2.08. The fraction of sp³-hybridized carbons (Fsp3) is 0.333. The van der Waals surface area contributed by atoms with E-state index in [0.717, 1.165) is 11.1 Å². The highest BCUT2D eigenvalue weighted by atomic mass is 19.1. The van der Waals surface area contributed by atoms with Gasteiger partial charge in [0.1, 0.15) is 5.82 Å². The summed E-state index contributed by atoms with van der Waals surface area (Å²) in [5, 5.41) is 9.84. The monoisotopic (exact) mass is 207 g/mol. The van der Waals surface area contributed by atoms with E-state index in [9.17, 15) is 9.50 Å². The highest BCUT2D eigenvalue weighted by molar-refractivity contribution is 5.83. The number of H-pyrrole nitrogens is 1. The average molecular weight is 207 g/mol. The number of aromatic amines is 1. The maximum atomic E-state index is 13.5. The molecule has 0 radical (unpaired) electrons. The number of halogens is 1. The fourth-order valence-electron chi connectivity index (χ4n) is 1.77. The second-order valence-corrected chi connectivity index (χ2v) is 3.86. The number of aryl methyl sites for hydroxylation is 1. The van der Waals surface area contributed by atoms with Gasteiger partial charge in [0.05, 0.1) is 6.10 Å². The van der Waals surface area contributed by atoms with E-state index in [1.807, 2.05) is 12.3 Å². The Kier molecular flexibility index (Phi) is 2.73. The molecule has 2 N–H and O–H groups in total. The van der Waals surface area contributed by atoms with E-state index < -0.39 is 0 Å². The molecule has 0 bridgehead atoms. The molecule has 0 amide bonds. The molecule has 1 aromatic heterocycles. The number of hydrogen-bond donors (Lipinski definition) is 2. The summed E-state index contributed by atoms with van der Waals surface area (Å²) in [7, 11) is 0. The van der Waals surface area contributed by atoms with E-state index in [0.29, 0.717) is 18.2 Å². The van der Waals surface area contributed by atoms with Crippen molar-refractivity contribution in [2.75, 3.05) is 0 Å². The molecule has 0 saturated heterocycles. The molecule has 2 aromatic rings. The van der Waals surface area contributed by atoms with Gasteiger partial charge in [0.15, 0.2) is 0 Å². The van der Waals surface area contributed by atoms with Crippen LogP contribution in [0.4, 0.5) is 4.39 Å². The van der Waals surface area contributed by atoms with Gasteiger partial charge in [0, 0.05) is 17.1 Å². The number of fused-ring (bicyclic) bond motifs is 1. The van der Waals surface area contributed by atoms with Gasteiger partial charge in [0.25, 0.3) is 0 Å². The smallest absolute Gasteiger partial charge is 0.132 e. The zero-order valence-corrected chi connectivity index (χ0v) is 8.63. The van der Waals surface area contributed by atoms with Crippen LogP contribution in [0.15, 0.2) is 24.4 Å². The van der Waals surface area contributed by atoms with Crippen LogP contribution in [0.25, 0.3) is 10.9 Å². The van der Waals surface area contributed by atoms with Crippen LogP contribution in [-0.2, 0) is 6.42 Å². The highest BCUT2D eigenvalue weighted by Crippen LogP contribution is 2.22. The van der Waals surface area contributed by atoms with Crippen LogP contribution in [0.2, 0.25) is 0 Å². The van der Waals surface area contributed by atoms with Crippen molar-refractivity contribution >= 4 is 10.9 Å². The lowest BCUT2D eigenvalue weighted by molar-refractivity contribution is 0.185. The van der Waals surface area contributed by atoms with Gasteiger partial charge in [-0.3, -0.25) is 0 Å². The van der Waals surface area contributed by atoms with Crippen molar-refractivity contribution < 1.29 is 9.50 Å². The van der Waals surface area contributed by atoms with Gasteiger partial charge in [-0.05, 0) is 37.5 Å². The molecule has 1 atom stereocenters. The minimum Gasteiger partial charge on any atom is -0.393 e. The van der Waals surface area contributed by atoms with Crippen LogP contribution in [0.5, 0.6) is 0 Å². The van der Waals surface area contributed by atoms with Crippen molar-refractivity contribution in [1.82, 2.24) is 4.98 Å². The van der Waals surface area contributed by atoms with Crippen molar-refractivity contribution in [3.63, 3.8) is 0 Å². The summed E-state index contributed by atoms with van der Waals surface area (Å²) in [6.07, 6.45) is 2.82. The molecule has 1 aromatic carbocycles. The third kappa shape index (κ3) is 2.02. The lowest BCUT2D eigenvalue weighted by Gasteiger charge is -2.02. The maximum Gasteiger partial charge on any atom is 0.132 e. The summed E-state index contributed by atoms with van der Waals surface area (Å²) in [6.45, 7) is 1.74. The number of aromatic nitrogens is 1. The summed E-state index contributed by atoms with van der Waals surface area (Å²) < 4.78 is 13.5. The second-order valence-electron chi connectivity index (χ2n) is 3.86. The zero-order valence-electron chi connectivity index (χ0n) is 8.63. The average Bonchev–Trinajstić information content (AvgIpc) is 2.59. The van der Waals surface area contributed by atoms with E-state index >= 15 is 0 Å². The Labute approximate surface area is 87.7 Å². The normalized spacial score (nSPS) is 13.3. The topological polar surface area (TPSA) is 36.0 Å². The van der Waals surface area contributed by atoms with Crippen LogP contribution in [0.1, 0.15) is 18.9 Å². The number of benzene rings is 1. The van der Waals surface area contributed by atoms with E-state index in [1.54, 1.807) is 13.0 Å². The predicted octanol–water partition coefficient (Wildman–Crippen LogP) is 2.62. The van der Waals surface area contributed by atoms with Gasteiger partial charge in [-0.2, -0.15) is 0 Å². The van der Waals surface area contributed by atoms with Crippen LogP contribution >= 0.6 is 0 Å². The predicted molar refractivity (Wildman–Crippen MR) is 58.3 cm³/mol. The lowest BCUT2D eigenvalue weighted by Crippen LogP contribution is -2.01. The molecular weight excluding hydrogens is 193 g/mol. The molecule has 0 aliphatic heterocycles. The lowest BCUT2D eigenvalue weighted by atomic mass is 10.1. The first-order valence-corrected chi connectivity index (χ1v) is 5.11. The van der Waals surface area contributed by atoms with Crippen molar-refractivity contribution in [2.45, 2.75) is 25.9 Å². The molecule has 0 aliphatic rings. The Hall–Kier alpha value is -1.35. The Morgan fingerprint density at radius 2 is 2.27 bits per heavy atom. The Bertz CT molecular complexity index is 462. The first-order valence-electron chi connectivity index (χ1n) is 5.11. The van der Waals surface area contributed by atoms with Crippen LogP contribution in [0, 0.1) is 5.82 Å². The molecule has 1 unspecified atom stereocenters. The molecule has 2 rings (SSSR count). The van der Waals surface area contributed by atoms with Gasteiger partial charge in [-0.25, -0.2) is 4.39 Å². The Balaban J connectivity index is 2.35. The van der Waals surface area contributed by atoms with E-state index in [4.69, 9.17) is 0 Å². The number of nitrogens with one attached hydrogen (secondary N) is 1. The minimum atomic E-state index is -0.346. The van der Waals surface area contributed by atoms with Crippen molar-refractivity contribution in [3.05, 3.63) is 35.8 Å². The van der Waals surface area contributed by atoms with Crippen LogP contribution < -0.4 is 0 Å². The second kappa shape index (κ2) is 4.03. The standard InChI is InChI=1S/C12H14FNO/c1-8(15)5-6-9-7-14-11-4-2-3-10(13)12(9)11/h2-4,7-8,14-15H,5-6H2,1H3. The first-order chi connectivity index (χ1) is 7.18. The molecular formula is C12H14FNO. The summed E-state index contributed by atoms with van der Waals surface area (Å²) in [5.41, 5.74) is 1.75. The van der Waals surface area contributed by atoms with Crippen molar-refractivity contribution in [2.24, 2.45) is 0 Å². The third-order valence-corrected chi connectivity index (χ3v) is 2.57. The Morgan fingerprint density at radius 1 is 1.47 bits per heavy atom. The molecule has 0 fully saturated rings. The summed E-state index contributed by atoms with van der Waals surface area (Å²) in [5.74, 6) is -0.200. The van der Waals surface area contributed by atoms with Gasteiger partial charge in [-0.15, -0.1) is 0 Å². The van der Waals surface area contributed by atoms with Gasteiger partial charge in [0.2, 0.25) is 0 Å². The van der Waals surface area contributed by atoms with E-state index in [1.165, 1.54) is 6.07 Å². The molecule has 0 spiro atoms. The van der Waals surface area contributed by atoms with Crippen LogP contribution in [-0.4, -0.2) is 16.2 Å². The number of aliphatic hydroxyl groups excluding tert-OH is 1. The number of rotatable bonds is 3. The largest absolute Gasteiger partial charge is 0.393 e. The number of hydrogen-bond acceptors (Lipinski definition) is 1.